The van der Waals surface area contributed by atoms with Crippen molar-refractivity contribution in [3.8, 4) is 10.6 Å². The Kier molecular flexibility index (Phi) is 7.54. The van der Waals surface area contributed by atoms with Gasteiger partial charge >= 0.3 is 0 Å². The lowest BCUT2D eigenvalue weighted by Crippen LogP contribution is -2.34. The van der Waals surface area contributed by atoms with E-state index in [1.165, 1.54) is 42.1 Å². The Hall–Kier alpha value is -3.93. The fourth-order valence-electron chi connectivity index (χ4n) is 5.25. The molecular weight excluding hydrogens is 552 g/mol. The highest BCUT2D eigenvalue weighted by Gasteiger charge is 2.27. The summed E-state index contributed by atoms with van der Waals surface area (Å²) in [5.41, 5.74) is 2.28. The summed E-state index contributed by atoms with van der Waals surface area (Å²) in [5, 5.41) is 9.31. The second kappa shape index (κ2) is 11.9. The van der Waals surface area contributed by atoms with E-state index in [0.717, 1.165) is 10.5 Å². The van der Waals surface area contributed by atoms with Crippen LogP contribution >= 0.6 is 27.2 Å². The molecule has 6 aromatic carbocycles. The van der Waals surface area contributed by atoms with Crippen molar-refractivity contribution in [2.45, 2.75) is 0 Å². The summed E-state index contributed by atoms with van der Waals surface area (Å²) >= 11 is 1.78. The van der Waals surface area contributed by atoms with E-state index in [1.54, 1.807) is 11.3 Å². The van der Waals surface area contributed by atoms with Crippen molar-refractivity contribution in [3.63, 3.8) is 0 Å². The van der Waals surface area contributed by atoms with Crippen LogP contribution in [0.5, 0.6) is 0 Å². The van der Waals surface area contributed by atoms with Crippen LogP contribution in [0.2, 0.25) is 0 Å². The topological polar surface area (TPSA) is 12.9 Å². The molecule has 1 atom stereocenters. The van der Waals surface area contributed by atoms with E-state index in [9.17, 15) is 0 Å². The third kappa shape index (κ3) is 5.28. The monoisotopic (exact) mass is 579 g/mol. The summed E-state index contributed by atoms with van der Waals surface area (Å²) in [4.78, 5) is 5.10. The number of hydrogen-bond donors (Lipinski definition) is 0. The third-order valence-corrected chi connectivity index (χ3v) is 13.4. The highest BCUT2D eigenvalue weighted by Crippen LogP contribution is 2.42. The first-order valence-corrected chi connectivity index (χ1v) is 17.2. The number of rotatable bonds is 7. The molecule has 7 aromatic rings. The van der Waals surface area contributed by atoms with Crippen LogP contribution in [-0.4, -0.2) is 4.98 Å². The number of para-hydroxylation sites is 1. The first-order valence-electron chi connectivity index (χ1n) is 13.7. The first-order chi connectivity index (χ1) is 20.4. The predicted octanol–water partition coefficient (Wildman–Crippen LogP) is 7.48. The minimum Gasteiger partial charge on any atom is -0.236 e. The lowest BCUT2D eigenvalue weighted by atomic mass is 10.2. The molecule has 1 nitrogen and oxygen atoms in total. The molecule has 0 spiro atoms. The Morgan fingerprint density at radius 3 is 1.41 bits per heavy atom. The quantitative estimate of drug-likeness (QED) is 0.179. The van der Waals surface area contributed by atoms with E-state index >= 15 is 0 Å². The molecule has 0 radical (unpaired) electrons. The Balaban J connectivity index is 1.47. The lowest BCUT2D eigenvalue weighted by Gasteiger charge is -2.28. The van der Waals surface area contributed by atoms with Gasteiger partial charge in [0.15, 0.2) is 0 Å². The maximum Gasteiger partial charge on any atom is 0.125 e. The van der Waals surface area contributed by atoms with Gasteiger partial charge in [-0.1, -0.05) is 152 Å². The number of aromatic nitrogens is 1. The first kappa shape index (κ1) is 26.0. The molecule has 0 amide bonds. The SMILES string of the molecule is c1ccc(P(c2ccccc2)c2ccccc2P(c2ccccc2)c2ccccc2-c2nc3ccccc3s2)cc1. The van der Waals surface area contributed by atoms with Gasteiger partial charge in [0.2, 0.25) is 0 Å². The smallest absolute Gasteiger partial charge is 0.125 e. The van der Waals surface area contributed by atoms with E-state index in [1.807, 2.05) is 0 Å². The zero-order chi connectivity index (χ0) is 27.4. The molecule has 196 valence electrons. The van der Waals surface area contributed by atoms with E-state index in [2.05, 4.69) is 164 Å². The summed E-state index contributed by atoms with van der Waals surface area (Å²) in [6, 6.07) is 59.6. The van der Waals surface area contributed by atoms with Gasteiger partial charge in [-0.15, -0.1) is 11.3 Å². The van der Waals surface area contributed by atoms with Crippen LogP contribution in [0.25, 0.3) is 20.8 Å². The molecule has 41 heavy (non-hydrogen) atoms. The molecule has 4 heteroatoms. The largest absolute Gasteiger partial charge is 0.236 e. The summed E-state index contributed by atoms with van der Waals surface area (Å²) in [6.45, 7) is 0. The maximum atomic E-state index is 5.10. The van der Waals surface area contributed by atoms with Crippen molar-refractivity contribution in [2.24, 2.45) is 0 Å². The molecule has 0 aliphatic rings. The van der Waals surface area contributed by atoms with Gasteiger partial charge in [0, 0.05) is 5.56 Å². The predicted molar refractivity (Wildman–Crippen MR) is 182 cm³/mol. The summed E-state index contributed by atoms with van der Waals surface area (Å²) < 4.78 is 1.22. The number of benzene rings is 6. The minimum absolute atomic E-state index is 0.757. The van der Waals surface area contributed by atoms with Crippen molar-refractivity contribution in [3.05, 3.63) is 164 Å². The van der Waals surface area contributed by atoms with Crippen LogP contribution in [0.3, 0.4) is 0 Å². The van der Waals surface area contributed by atoms with Crippen LogP contribution in [0.4, 0.5) is 0 Å². The van der Waals surface area contributed by atoms with Crippen molar-refractivity contribution in [1.82, 2.24) is 4.98 Å². The van der Waals surface area contributed by atoms with Gasteiger partial charge in [-0.25, -0.2) is 4.98 Å². The van der Waals surface area contributed by atoms with E-state index < -0.39 is 15.8 Å². The number of hydrogen-bond acceptors (Lipinski definition) is 2. The van der Waals surface area contributed by atoms with Gasteiger partial charge < -0.3 is 0 Å². The summed E-state index contributed by atoms with van der Waals surface area (Å²) in [7, 11) is -1.63. The maximum absolute atomic E-state index is 5.10. The van der Waals surface area contributed by atoms with Crippen molar-refractivity contribution < 1.29 is 0 Å². The highest BCUT2D eigenvalue weighted by molar-refractivity contribution is 7.85. The second-order valence-electron chi connectivity index (χ2n) is 9.67. The molecule has 0 N–H and O–H groups in total. The van der Waals surface area contributed by atoms with Gasteiger partial charge in [0.1, 0.15) is 5.01 Å². The van der Waals surface area contributed by atoms with E-state index in [4.69, 9.17) is 4.98 Å². The average Bonchev–Trinajstić information content (AvgIpc) is 3.48. The van der Waals surface area contributed by atoms with Crippen LogP contribution in [0.15, 0.2) is 164 Å². The molecule has 0 aliphatic carbocycles. The van der Waals surface area contributed by atoms with Crippen LogP contribution in [-0.2, 0) is 0 Å². The molecule has 0 saturated carbocycles. The molecule has 0 bridgehead atoms. The molecule has 1 aromatic heterocycles. The van der Waals surface area contributed by atoms with Crippen LogP contribution in [0, 0.1) is 0 Å². The number of fused-ring (bicyclic) bond motifs is 1. The Morgan fingerprint density at radius 2 is 0.829 bits per heavy atom. The third-order valence-electron chi connectivity index (χ3n) is 7.08. The van der Waals surface area contributed by atoms with Crippen molar-refractivity contribution in [1.29, 1.82) is 0 Å². The van der Waals surface area contributed by atoms with E-state index in [0.29, 0.717) is 0 Å². The Labute approximate surface area is 247 Å². The number of thiazole rings is 1. The van der Waals surface area contributed by atoms with Gasteiger partial charge in [-0.3, -0.25) is 0 Å². The standard InChI is InChI=1S/C37H27NP2S/c1-4-16-28(17-5-1)39(29-18-6-2-7-19-29)34-25-13-14-26-35(34)40(30-20-8-3-9-21-30)33-24-12-10-22-31(33)37-38-32-23-11-15-27-36(32)41-37/h1-27H. The van der Waals surface area contributed by atoms with E-state index in [-0.39, 0.29) is 0 Å². The fourth-order valence-corrected chi connectivity index (χ4v) is 11.7. The summed E-state index contributed by atoms with van der Waals surface area (Å²) in [5.74, 6) is 0. The van der Waals surface area contributed by atoms with Gasteiger partial charge in [-0.2, -0.15) is 0 Å². The molecule has 1 heterocycles. The Bertz CT molecular complexity index is 1830. The Morgan fingerprint density at radius 1 is 0.390 bits per heavy atom. The van der Waals surface area contributed by atoms with Gasteiger partial charge in [0.05, 0.1) is 10.2 Å². The van der Waals surface area contributed by atoms with Crippen molar-refractivity contribution >= 4 is 69.2 Å². The average molecular weight is 580 g/mol. The van der Waals surface area contributed by atoms with Crippen LogP contribution < -0.4 is 31.8 Å². The second-order valence-corrected chi connectivity index (χ2v) is 15.0. The van der Waals surface area contributed by atoms with Crippen LogP contribution in [0.1, 0.15) is 0 Å². The zero-order valence-electron chi connectivity index (χ0n) is 22.3. The molecule has 0 saturated heterocycles. The zero-order valence-corrected chi connectivity index (χ0v) is 24.9. The normalized spacial score (nSPS) is 12.0. The molecule has 0 fully saturated rings. The van der Waals surface area contributed by atoms with Crippen molar-refractivity contribution in [2.75, 3.05) is 0 Å². The lowest BCUT2D eigenvalue weighted by molar-refractivity contribution is 1.49. The molecule has 0 aliphatic heterocycles. The van der Waals surface area contributed by atoms with Gasteiger partial charge in [0.25, 0.3) is 0 Å². The molecule has 7 rings (SSSR count). The summed E-state index contributed by atoms with van der Waals surface area (Å²) in [6.07, 6.45) is 0. The van der Waals surface area contributed by atoms with Gasteiger partial charge in [-0.05, 0) is 59.8 Å². The highest BCUT2D eigenvalue weighted by atomic mass is 32.1. The fraction of sp³-hybridized carbons (Fsp3) is 0. The minimum atomic E-state index is -0.871. The molecule has 1 unspecified atom stereocenters. The number of nitrogens with zero attached hydrogens (tertiary/aromatic N) is 1. The molecular formula is C37H27NP2S.